The van der Waals surface area contributed by atoms with E-state index in [1.165, 1.54) is 12.1 Å². The van der Waals surface area contributed by atoms with Gasteiger partial charge in [-0.25, -0.2) is 0 Å². The molecule has 1 atom stereocenters. The largest absolute Gasteiger partial charge is 1.00 e. The van der Waals surface area contributed by atoms with Gasteiger partial charge >= 0.3 is 25.0 Å². The number of alkyl halides is 3. The number of hydrogen-bond donors (Lipinski definition) is 0. The number of carbonyl (C=O) groups is 1. The SMILES string of the molecule is O=C([O-])[C@@H]1CSc2c(-c3cccc(C(F)(F)F)c3)c(Cc3cccc4ccccc34)cc(=O)n21.[Li+]. The fraction of sp³-hybridized carbons (Fsp3) is 0.154. The molecule has 0 spiro atoms. The van der Waals surface area contributed by atoms with E-state index in [0.29, 0.717) is 22.6 Å². The van der Waals surface area contributed by atoms with Gasteiger partial charge in [-0.2, -0.15) is 13.2 Å². The number of rotatable bonds is 4. The Kier molecular flexibility index (Phi) is 6.92. The molecule has 0 saturated carbocycles. The van der Waals surface area contributed by atoms with Crippen LogP contribution in [0.15, 0.2) is 82.6 Å². The van der Waals surface area contributed by atoms with Gasteiger partial charge in [0.25, 0.3) is 5.56 Å². The number of thioether (sulfide) groups is 1. The normalized spacial score (nSPS) is 15.0. The van der Waals surface area contributed by atoms with Crippen LogP contribution in [-0.2, 0) is 17.4 Å². The first-order valence-corrected chi connectivity index (χ1v) is 11.5. The minimum absolute atomic E-state index is 0. The van der Waals surface area contributed by atoms with Gasteiger partial charge in [-0.15, -0.1) is 11.8 Å². The molecule has 0 saturated heterocycles. The fourth-order valence-electron chi connectivity index (χ4n) is 4.44. The molecule has 1 aliphatic heterocycles. The van der Waals surface area contributed by atoms with Crippen molar-refractivity contribution in [1.82, 2.24) is 4.57 Å². The van der Waals surface area contributed by atoms with Crippen molar-refractivity contribution < 1.29 is 41.9 Å². The zero-order chi connectivity index (χ0) is 24.0. The number of pyridine rings is 1. The maximum absolute atomic E-state index is 13.5. The quantitative estimate of drug-likeness (QED) is 0.411. The van der Waals surface area contributed by atoms with E-state index in [1.54, 1.807) is 6.07 Å². The summed E-state index contributed by atoms with van der Waals surface area (Å²) in [7, 11) is 0. The van der Waals surface area contributed by atoms with E-state index in [2.05, 4.69) is 0 Å². The summed E-state index contributed by atoms with van der Waals surface area (Å²) in [6.45, 7) is 0. The standard InChI is InChI=1S/C26H18F3NO3S.Li/c27-26(28,29)19-9-4-8-17(12-19)23-18(11-16-7-3-6-15-5-1-2-10-20(15)16)13-22(31)30-21(25(32)33)14-34-24(23)30;/h1-10,12-13,21H,11,14H2,(H,32,33);/q;+1/p-1/t21-;/m0./s1. The van der Waals surface area contributed by atoms with Crippen LogP contribution in [0.5, 0.6) is 0 Å². The Balaban J connectivity index is 0.00000289. The average Bonchev–Trinajstić information content (AvgIpc) is 3.25. The number of aromatic nitrogens is 1. The van der Waals surface area contributed by atoms with E-state index in [9.17, 15) is 27.9 Å². The van der Waals surface area contributed by atoms with Crippen molar-refractivity contribution >= 4 is 28.5 Å². The van der Waals surface area contributed by atoms with Gasteiger partial charge in [0.1, 0.15) is 0 Å². The summed E-state index contributed by atoms with van der Waals surface area (Å²) in [6.07, 6.45) is -4.24. The monoisotopic (exact) mass is 487 g/mol. The van der Waals surface area contributed by atoms with E-state index in [1.807, 2.05) is 42.5 Å². The van der Waals surface area contributed by atoms with Crippen LogP contribution >= 0.6 is 11.8 Å². The second-order valence-electron chi connectivity index (χ2n) is 8.10. The molecule has 35 heavy (non-hydrogen) atoms. The predicted molar refractivity (Wildman–Crippen MR) is 123 cm³/mol. The predicted octanol–water partition coefficient (Wildman–Crippen LogP) is 1.68. The number of carbonyl (C=O) groups excluding carboxylic acids is 1. The molecule has 9 heteroatoms. The molecule has 2 heterocycles. The Morgan fingerprint density at radius 1 is 1.00 bits per heavy atom. The number of fused-ring (bicyclic) bond motifs is 2. The Morgan fingerprint density at radius 3 is 2.46 bits per heavy atom. The number of nitrogens with zero attached hydrogens (tertiary/aromatic N) is 1. The molecular weight excluding hydrogens is 470 g/mol. The van der Waals surface area contributed by atoms with E-state index < -0.39 is 29.3 Å². The van der Waals surface area contributed by atoms with Crippen molar-refractivity contribution in [3.63, 3.8) is 0 Å². The molecule has 0 bridgehead atoms. The summed E-state index contributed by atoms with van der Waals surface area (Å²) in [5.74, 6) is -1.33. The van der Waals surface area contributed by atoms with Crippen LogP contribution in [0.2, 0.25) is 0 Å². The zero-order valence-corrected chi connectivity index (χ0v) is 19.5. The molecule has 3 aromatic carbocycles. The number of carboxylic acids is 1. The number of halogens is 3. The third kappa shape index (κ3) is 4.66. The smallest absolute Gasteiger partial charge is 0.548 e. The fourth-order valence-corrected chi connectivity index (χ4v) is 5.79. The third-order valence-corrected chi connectivity index (χ3v) is 7.15. The summed E-state index contributed by atoms with van der Waals surface area (Å²) in [6, 6.07) is 18.6. The minimum atomic E-state index is -4.54. The van der Waals surface area contributed by atoms with E-state index in [0.717, 1.165) is 44.8 Å². The van der Waals surface area contributed by atoms with Gasteiger partial charge in [0.2, 0.25) is 0 Å². The summed E-state index contributed by atoms with van der Waals surface area (Å²) in [4.78, 5) is 24.6. The van der Waals surface area contributed by atoms with Gasteiger partial charge in [0, 0.05) is 17.4 Å². The molecule has 1 aliphatic rings. The van der Waals surface area contributed by atoms with Crippen LogP contribution in [0.25, 0.3) is 21.9 Å². The van der Waals surface area contributed by atoms with Crippen molar-refractivity contribution in [2.75, 3.05) is 5.75 Å². The topological polar surface area (TPSA) is 62.1 Å². The van der Waals surface area contributed by atoms with Gasteiger partial charge in [-0.3, -0.25) is 9.36 Å². The first-order valence-electron chi connectivity index (χ1n) is 10.5. The summed E-state index contributed by atoms with van der Waals surface area (Å²) >= 11 is 1.14. The Bertz CT molecular complexity index is 1490. The maximum atomic E-state index is 13.5. The number of hydrogen-bond acceptors (Lipinski definition) is 4. The van der Waals surface area contributed by atoms with Crippen molar-refractivity contribution in [3.8, 4) is 11.1 Å². The van der Waals surface area contributed by atoms with Crippen molar-refractivity contribution in [3.05, 3.63) is 99.8 Å². The number of carboxylic acid groups (broad SMARTS) is 1. The molecule has 0 unspecified atom stereocenters. The average molecular weight is 487 g/mol. The van der Waals surface area contributed by atoms with Crippen LogP contribution in [0, 0.1) is 0 Å². The van der Waals surface area contributed by atoms with Crippen LogP contribution < -0.4 is 29.5 Å². The molecule has 4 nitrogen and oxygen atoms in total. The van der Waals surface area contributed by atoms with Gasteiger partial charge in [-0.1, -0.05) is 54.6 Å². The Morgan fingerprint density at radius 2 is 1.71 bits per heavy atom. The second-order valence-corrected chi connectivity index (χ2v) is 9.11. The van der Waals surface area contributed by atoms with Crippen LogP contribution in [0.3, 0.4) is 0 Å². The summed E-state index contributed by atoms with van der Waals surface area (Å²) < 4.78 is 41.5. The molecule has 0 radical (unpaired) electrons. The van der Waals surface area contributed by atoms with Gasteiger partial charge in [-0.05, 0) is 46.0 Å². The molecule has 172 valence electrons. The molecule has 4 aromatic rings. The van der Waals surface area contributed by atoms with Gasteiger partial charge in [0.15, 0.2) is 0 Å². The third-order valence-electron chi connectivity index (χ3n) is 5.99. The Hall–Kier alpha value is -2.92. The minimum Gasteiger partial charge on any atom is -0.548 e. The zero-order valence-electron chi connectivity index (χ0n) is 18.6. The van der Waals surface area contributed by atoms with Crippen molar-refractivity contribution in [2.24, 2.45) is 0 Å². The van der Waals surface area contributed by atoms with Crippen LogP contribution in [0.4, 0.5) is 13.2 Å². The van der Waals surface area contributed by atoms with Crippen molar-refractivity contribution in [1.29, 1.82) is 0 Å². The molecule has 1 aromatic heterocycles. The molecule has 5 rings (SSSR count). The van der Waals surface area contributed by atoms with E-state index in [-0.39, 0.29) is 30.2 Å². The first-order chi connectivity index (χ1) is 16.2. The number of aliphatic carboxylic acids is 1. The van der Waals surface area contributed by atoms with E-state index >= 15 is 0 Å². The van der Waals surface area contributed by atoms with E-state index in [4.69, 9.17) is 0 Å². The van der Waals surface area contributed by atoms with Gasteiger partial charge < -0.3 is 9.90 Å². The molecule has 0 amide bonds. The molecule has 0 N–H and O–H groups in total. The van der Waals surface area contributed by atoms with Crippen molar-refractivity contribution in [2.45, 2.75) is 23.7 Å². The molecular formula is C26H17F3LiNO3S. The molecule has 0 aliphatic carbocycles. The van der Waals surface area contributed by atoms with Gasteiger partial charge in [0.05, 0.1) is 22.6 Å². The number of benzene rings is 3. The van der Waals surface area contributed by atoms with Crippen LogP contribution in [-0.4, -0.2) is 16.3 Å². The second kappa shape index (κ2) is 9.61. The maximum Gasteiger partial charge on any atom is 1.00 e. The summed E-state index contributed by atoms with van der Waals surface area (Å²) in [5, 5.41) is 14.0. The first kappa shape index (κ1) is 25.2. The summed E-state index contributed by atoms with van der Waals surface area (Å²) in [5.41, 5.74) is 0.840. The van der Waals surface area contributed by atoms with Crippen LogP contribution in [0.1, 0.15) is 22.7 Å². The molecule has 0 fully saturated rings. The Labute approximate surface area is 215 Å².